The number of aliphatic hydroxyl groups excluding tert-OH is 17. The van der Waals surface area contributed by atoms with Crippen molar-refractivity contribution in [2.45, 2.75) is 346 Å². The molecule has 33 nitrogen and oxygen atoms in total. The summed E-state index contributed by atoms with van der Waals surface area (Å²) in [5, 5.41) is 183. The van der Waals surface area contributed by atoms with Crippen LogP contribution in [0.25, 0.3) is 0 Å². The molecule has 0 radical (unpaired) electrons. The third kappa shape index (κ3) is 27.9. The molecular formula is C65H117O33P. The summed E-state index contributed by atoms with van der Waals surface area (Å²) in [6.45, 7) is -0.949. The molecule has 99 heavy (non-hydrogen) atoms. The highest BCUT2D eigenvalue weighted by Crippen LogP contribution is 2.49. The number of rotatable bonds is 47. The highest BCUT2D eigenvalue weighted by atomic mass is 31.2. The van der Waals surface area contributed by atoms with E-state index in [1.807, 2.05) is 0 Å². The highest BCUT2D eigenvalue weighted by Gasteiger charge is 2.59. The molecule has 0 spiro atoms. The number of ether oxygens (including phenoxy) is 10. The van der Waals surface area contributed by atoms with E-state index in [1.165, 1.54) is 64.2 Å². The first-order valence-electron chi connectivity index (χ1n) is 35.5. The Bertz CT molecular complexity index is 2280. The standard InChI is InChI=1S/C65H117O33P/c1-3-5-7-9-11-13-15-17-19-21-23-25-27-29-42(68)87-33-37(91-43(69)30-28-26-24-22-20-18-16-14-12-10-8-6-4-2)34-90-99(85,86)98-61-59(96-64-57(83)49(75)45(71)39(32-67)93-64)53(79)52(78)54(80)60(61)97-65-58(84)51(77)47(73)41(95-65)36-89-63-56(82)50(76)46(72)40(94-63)35-88-62-55(81)48(74)44(70)38(31-66)92-62/h14,16,37-41,44-67,70-84H,3-13,15,17-36H2,1-2H3,(H,85,86)/b16-14-/t37-,38?,39?,40?,41?,44+,45-,46+,47+,48?,49?,50?,51?,52+,53?,54?,55+,56+,57-,58+,59-,60?,61+,62-,63-,64-,65+/m1/s1. The van der Waals surface area contributed by atoms with E-state index in [1.54, 1.807) is 0 Å². The van der Waals surface area contributed by atoms with Crippen molar-refractivity contribution in [3.05, 3.63) is 12.2 Å². The van der Waals surface area contributed by atoms with Crippen LogP contribution in [0.3, 0.4) is 0 Å². The van der Waals surface area contributed by atoms with E-state index in [9.17, 15) is 106 Å². The normalized spacial score (nSPS) is 37.0. The second-order valence-corrected chi connectivity index (χ2v) is 27.9. The van der Waals surface area contributed by atoms with Crippen molar-refractivity contribution < 1.29 is 162 Å². The SMILES string of the molecule is CCCCCC/C=C\CCCCCCCC(=O)O[C@H](COC(=O)CCCCCCCCCCCCCCC)COP(=O)(O)O[C@@H]1C(O[C@@H]2OC(CO[C@@H]3OC(CO[C@@H]4OC(CO)[C@H](O)C(O)[C@@H]4O)[C@H](O)C(O)[C@@H]3O)[C@H](O)C(O)[C@@H]2O)C(O)[C@@H](O)C(O)[C@H]1O[C@H]1OC(CO)[C@@H](O)C(O)[C@H]1O. The van der Waals surface area contributed by atoms with E-state index < -0.39 is 225 Å². The largest absolute Gasteiger partial charge is 0.472 e. The van der Waals surface area contributed by atoms with Crippen molar-refractivity contribution in [1.29, 1.82) is 0 Å². The lowest BCUT2D eigenvalue weighted by Gasteiger charge is -2.49. The van der Waals surface area contributed by atoms with Gasteiger partial charge in [0.15, 0.2) is 31.3 Å². The van der Waals surface area contributed by atoms with Crippen LogP contribution in [0.4, 0.5) is 0 Å². The second kappa shape index (κ2) is 46.0. The molecule has 34 heteroatoms. The Morgan fingerprint density at radius 1 is 0.394 bits per heavy atom. The van der Waals surface area contributed by atoms with Gasteiger partial charge in [-0.2, -0.15) is 0 Å². The molecule has 5 fully saturated rings. The lowest BCUT2D eigenvalue weighted by Crippen LogP contribution is -2.69. The zero-order valence-electron chi connectivity index (χ0n) is 57.0. The van der Waals surface area contributed by atoms with Crippen molar-refractivity contribution >= 4 is 19.8 Å². The summed E-state index contributed by atoms with van der Waals surface area (Å²) in [5.74, 6) is -1.45. The fourth-order valence-corrected chi connectivity index (χ4v) is 13.3. The van der Waals surface area contributed by atoms with Gasteiger partial charge in [0.05, 0.1) is 33.0 Å². The third-order valence-electron chi connectivity index (χ3n) is 18.5. The molecule has 0 amide bonds. The number of phosphoric acid groups is 1. The molecule has 1 aliphatic carbocycles. The van der Waals surface area contributed by atoms with Gasteiger partial charge in [-0.3, -0.25) is 18.6 Å². The maximum absolute atomic E-state index is 14.4. The molecular weight excluding hydrogens is 1340 g/mol. The number of carbonyl (C=O) groups excluding carboxylic acids is 2. The van der Waals surface area contributed by atoms with Gasteiger partial charge in [-0.1, -0.05) is 142 Å². The third-order valence-corrected chi connectivity index (χ3v) is 19.5. The Labute approximate surface area is 578 Å². The van der Waals surface area contributed by atoms with Gasteiger partial charge >= 0.3 is 19.8 Å². The van der Waals surface area contributed by atoms with Crippen molar-refractivity contribution in [2.24, 2.45) is 0 Å². The topological polar surface area (TPSA) is 526 Å². The Balaban J connectivity index is 1.30. The average Bonchev–Trinajstić information content (AvgIpc) is 0.760. The van der Waals surface area contributed by atoms with Crippen molar-refractivity contribution in [3.63, 3.8) is 0 Å². The molecule has 4 saturated heterocycles. The molecule has 12 unspecified atom stereocenters. The predicted molar refractivity (Wildman–Crippen MR) is 343 cm³/mol. The predicted octanol–water partition coefficient (Wildman–Crippen LogP) is -1.20. The van der Waals surface area contributed by atoms with Crippen LogP contribution in [0, 0.1) is 0 Å². The molecule has 18 N–H and O–H groups in total. The van der Waals surface area contributed by atoms with E-state index in [0.29, 0.717) is 19.3 Å². The minimum Gasteiger partial charge on any atom is -0.462 e. The summed E-state index contributed by atoms with van der Waals surface area (Å²) in [6, 6.07) is 0. The maximum atomic E-state index is 14.4. The van der Waals surface area contributed by atoms with E-state index in [0.717, 1.165) is 70.6 Å². The summed E-state index contributed by atoms with van der Waals surface area (Å²) in [4.78, 5) is 38.1. The number of hydrogen-bond donors (Lipinski definition) is 18. The van der Waals surface area contributed by atoms with Crippen LogP contribution in [0.1, 0.15) is 181 Å². The minimum atomic E-state index is -5.81. The molecule has 0 aromatic rings. The number of aliphatic hydroxyl groups is 17. The van der Waals surface area contributed by atoms with Crippen molar-refractivity contribution in [3.8, 4) is 0 Å². The molecule has 5 rings (SSSR count). The van der Waals surface area contributed by atoms with E-state index in [-0.39, 0.29) is 12.8 Å². The monoisotopic (exact) mass is 1460 g/mol. The number of carbonyl (C=O) groups is 2. The molecule has 4 heterocycles. The van der Waals surface area contributed by atoms with Crippen LogP contribution in [0.15, 0.2) is 12.2 Å². The summed E-state index contributed by atoms with van der Waals surface area (Å²) >= 11 is 0. The van der Waals surface area contributed by atoms with Gasteiger partial charge in [-0.15, -0.1) is 0 Å². The highest BCUT2D eigenvalue weighted by molar-refractivity contribution is 7.47. The Morgan fingerprint density at radius 2 is 0.727 bits per heavy atom. The van der Waals surface area contributed by atoms with Gasteiger partial charge in [0.1, 0.15) is 141 Å². The first-order valence-corrected chi connectivity index (χ1v) is 37.0. The molecule has 1 saturated carbocycles. The van der Waals surface area contributed by atoms with E-state index >= 15 is 0 Å². The first kappa shape index (κ1) is 87.4. The summed E-state index contributed by atoms with van der Waals surface area (Å²) < 4.78 is 81.3. The number of esters is 2. The van der Waals surface area contributed by atoms with Gasteiger partial charge in [0.25, 0.3) is 0 Å². The summed E-state index contributed by atoms with van der Waals surface area (Å²) in [5.41, 5.74) is 0. The van der Waals surface area contributed by atoms with Crippen LogP contribution in [0.5, 0.6) is 0 Å². The van der Waals surface area contributed by atoms with Crippen LogP contribution in [-0.4, -0.2) is 309 Å². The van der Waals surface area contributed by atoms with Gasteiger partial charge in [0.2, 0.25) is 0 Å². The number of hydrogen-bond acceptors (Lipinski definition) is 32. The first-order chi connectivity index (χ1) is 47.3. The quantitative estimate of drug-likeness (QED) is 0.0147. The average molecular weight is 1460 g/mol. The molecule has 28 atom stereocenters. The van der Waals surface area contributed by atoms with Gasteiger partial charge in [0, 0.05) is 12.8 Å². The van der Waals surface area contributed by atoms with Crippen LogP contribution >= 0.6 is 7.82 Å². The van der Waals surface area contributed by atoms with E-state index in [2.05, 4.69) is 26.0 Å². The number of unbranched alkanes of at least 4 members (excludes halogenated alkanes) is 21. The molecule has 580 valence electrons. The minimum absolute atomic E-state index is 0.00283. The van der Waals surface area contributed by atoms with Crippen LogP contribution in [0.2, 0.25) is 0 Å². The molecule has 0 aromatic heterocycles. The number of phosphoric ester groups is 1. The summed E-state index contributed by atoms with van der Waals surface area (Å²) in [6.07, 6.45) is -27.3. The number of allylic oxidation sites excluding steroid dienone is 2. The second-order valence-electron chi connectivity index (χ2n) is 26.5. The van der Waals surface area contributed by atoms with Gasteiger partial charge in [-0.25, -0.2) is 4.57 Å². The molecule has 5 aliphatic rings. The van der Waals surface area contributed by atoms with Crippen LogP contribution in [-0.2, 0) is 70.6 Å². The molecule has 4 aliphatic heterocycles. The lowest BCUT2D eigenvalue weighted by molar-refractivity contribution is -0.365. The Morgan fingerprint density at radius 3 is 1.15 bits per heavy atom. The fourth-order valence-electron chi connectivity index (χ4n) is 12.3. The summed E-state index contributed by atoms with van der Waals surface area (Å²) in [7, 11) is -5.81. The maximum Gasteiger partial charge on any atom is 0.472 e. The van der Waals surface area contributed by atoms with Crippen LogP contribution < -0.4 is 0 Å². The van der Waals surface area contributed by atoms with Crippen molar-refractivity contribution in [2.75, 3.05) is 39.6 Å². The Kier molecular flexibility index (Phi) is 40.6. The van der Waals surface area contributed by atoms with E-state index in [4.69, 9.17) is 56.4 Å². The van der Waals surface area contributed by atoms with Crippen molar-refractivity contribution in [1.82, 2.24) is 0 Å². The lowest BCUT2D eigenvalue weighted by atomic mass is 9.84. The molecule has 0 bridgehead atoms. The zero-order chi connectivity index (χ0) is 72.8. The van der Waals surface area contributed by atoms with Gasteiger partial charge < -0.3 is 139 Å². The fraction of sp³-hybridized carbons (Fsp3) is 0.938. The van der Waals surface area contributed by atoms with Gasteiger partial charge in [-0.05, 0) is 38.5 Å². The zero-order valence-corrected chi connectivity index (χ0v) is 57.9. The Hall–Kier alpha value is -2.21. The smallest absolute Gasteiger partial charge is 0.462 e. The molecule has 0 aromatic carbocycles.